The molecule has 8 nitrogen and oxygen atoms in total. The number of ether oxygens (including phenoxy) is 1. The van der Waals surface area contributed by atoms with Gasteiger partial charge >= 0.3 is 0 Å². The van der Waals surface area contributed by atoms with E-state index in [2.05, 4.69) is 20.2 Å². The average molecular weight is 311 g/mol. The number of benzene rings is 1. The number of nitrogens with zero attached hydrogens (tertiary/aromatic N) is 6. The molecule has 0 aliphatic carbocycles. The first kappa shape index (κ1) is 14.8. The summed E-state index contributed by atoms with van der Waals surface area (Å²) in [5.41, 5.74) is 8.50. The topological polar surface area (TPSA) is 96.1 Å². The minimum Gasteiger partial charge on any atom is -0.496 e. The molecule has 0 radical (unpaired) electrons. The van der Waals surface area contributed by atoms with Gasteiger partial charge < -0.3 is 10.5 Å². The maximum atomic E-state index is 5.77. The third kappa shape index (κ3) is 3.37. The van der Waals surface area contributed by atoms with E-state index in [4.69, 9.17) is 10.5 Å². The first-order valence-electron chi connectivity index (χ1n) is 7.01. The Morgan fingerprint density at radius 2 is 2.26 bits per heavy atom. The van der Waals surface area contributed by atoms with Gasteiger partial charge in [0.1, 0.15) is 18.4 Å². The second-order valence-corrected chi connectivity index (χ2v) is 4.99. The molecular weight excluding hydrogens is 294 g/mol. The fraction of sp³-hybridized carbons (Fsp3) is 0.200. The molecule has 0 atom stereocenters. The predicted octanol–water partition coefficient (Wildman–Crippen LogP) is 1.30. The Balaban J connectivity index is 1.86. The largest absolute Gasteiger partial charge is 0.496 e. The predicted molar refractivity (Wildman–Crippen MR) is 86.5 cm³/mol. The van der Waals surface area contributed by atoms with Gasteiger partial charge in [-0.25, -0.2) is 19.3 Å². The van der Waals surface area contributed by atoms with E-state index in [9.17, 15) is 0 Å². The fourth-order valence-electron chi connectivity index (χ4n) is 2.22. The first-order chi connectivity index (χ1) is 11.2. The number of hydrogen-bond acceptors (Lipinski definition) is 6. The number of rotatable bonds is 5. The van der Waals surface area contributed by atoms with Gasteiger partial charge in [0.05, 0.1) is 31.8 Å². The summed E-state index contributed by atoms with van der Waals surface area (Å²) in [5, 5.41) is 8.43. The van der Waals surface area contributed by atoms with E-state index in [0.29, 0.717) is 12.5 Å². The monoisotopic (exact) mass is 311 g/mol. The average Bonchev–Trinajstić information content (AvgIpc) is 3.15. The molecule has 0 amide bonds. The van der Waals surface area contributed by atoms with Crippen LogP contribution in [0.15, 0.2) is 42.2 Å². The quantitative estimate of drug-likeness (QED) is 0.717. The Morgan fingerprint density at radius 3 is 2.91 bits per heavy atom. The zero-order valence-electron chi connectivity index (χ0n) is 12.9. The number of imidazole rings is 1. The van der Waals surface area contributed by atoms with E-state index in [-0.39, 0.29) is 0 Å². The number of nitrogens with two attached hydrogens (primary N) is 1. The molecule has 3 aromatic rings. The molecule has 2 N–H and O–H groups in total. The van der Waals surface area contributed by atoms with Crippen LogP contribution in [0, 0.1) is 6.92 Å². The van der Waals surface area contributed by atoms with Gasteiger partial charge in [0, 0.05) is 5.56 Å². The van der Waals surface area contributed by atoms with Crippen LogP contribution in [0.4, 0.5) is 5.95 Å². The molecule has 0 saturated heterocycles. The molecule has 2 aromatic heterocycles. The van der Waals surface area contributed by atoms with E-state index in [1.807, 2.05) is 25.1 Å². The normalized spacial score (nSPS) is 11.2. The fourth-order valence-corrected chi connectivity index (χ4v) is 2.22. The molecule has 118 valence electrons. The van der Waals surface area contributed by atoms with Gasteiger partial charge in [-0.1, -0.05) is 0 Å². The maximum absolute atomic E-state index is 5.77. The van der Waals surface area contributed by atoms with Crippen molar-refractivity contribution in [2.75, 3.05) is 12.8 Å². The number of nitrogen functional groups attached to an aromatic ring is 1. The molecule has 8 heteroatoms. The van der Waals surface area contributed by atoms with Crippen LogP contribution in [0.5, 0.6) is 5.75 Å². The van der Waals surface area contributed by atoms with Gasteiger partial charge in [0.2, 0.25) is 5.95 Å². The number of aromatic nitrogens is 5. The highest BCUT2D eigenvalue weighted by atomic mass is 16.5. The van der Waals surface area contributed by atoms with E-state index in [1.165, 1.54) is 11.0 Å². The highest BCUT2D eigenvalue weighted by Gasteiger charge is 2.06. The molecule has 1 aromatic carbocycles. The van der Waals surface area contributed by atoms with Crippen LogP contribution < -0.4 is 10.5 Å². The maximum Gasteiger partial charge on any atom is 0.221 e. The summed E-state index contributed by atoms with van der Waals surface area (Å²) in [6.45, 7) is 2.43. The zero-order valence-corrected chi connectivity index (χ0v) is 12.9. The van der Waals surface area contributed by atoms with Gasteiger partial charge in [-0.05, 0) is 30.7 Å². The van der Waals surface area contributed by atoms with Crippen LogP contribution >= 0.6 is 0 Å². The number of methoxy groups -OCH3 is 1. The van der Waals surface area contributed by atoms with Gasteiger partial charge in [-0.3, -0.25) is 0 Å². The minimum absolute atomic E-state index is 0.357. The summed E-state index contributed by atoms with van der Waals surface area (Å²) in [5.74, 6) is 1.14. The Bertz CT molecular complexity index is 820. The third-order valence-corrected chi connectivity index (χ3v) is 3.27. The van der Waals surface area contributed by atoms with Crippen LogP contribution in [0.3, 0.4) is 0 Å². The van der Waals surface area contributed by atoms with Crippen LogP contribution in [0.25, 0.3) is 0 Å². The van der Waals surface area contributed by atoms with Crippen LogP contribution in [-0.4, -0.2) is 37.7 Å². The van der Waals surface area contributed by atoms with Crippen LogP contribution in [0.1, 0.15) is 16.8 Å². The molecule has 3 rings (SSSR count). The van der Waals surface area contributed by atoms with Crippen molar-refractivity contribution in [3.05, 3.63) is 53.9 Å². The molecule has 0 fully saturated rings. The lowest BCUT2D eigenvalue weighted by atomic mass is 10.1. The van der Waals surface area contributed by atoms with Crippen molar-refractivity contribution in [2.45, 2.75) is 13.5 Å². The number of aryl methyl sites for hydroxylation is 1. The molecule has 0 spiro atoms. The van der Waals surface area contributed by atoms with Crippen molar-refractivity contribution in [1.29, 1.82) is 0 Å². The van der Waals surface area contributed by atoms with Crippen molar-refractivity contribution in [2.24, 2.45) is 5.10 Å². The Hall–Kier alpha value is -3.16. The van der Waals surface area contributed by atoms with Crippen LogP contribution in [-0.2, 0) is 6.54 Å². The molecule has 0 bridgehead atoms. The smallest absolute Gasteiger partial charge is 0.221 e. The molecule has 0 saturated carbocycles. The van der Waals surface area contributed by atoms with Gasteiger partial charge in [-0.15, -0.1) is 0 Å². The highest BCUT2D eigenvalue weighted by Crippen LogP contribution is 2.20. The summed E-state index contributed by atoms with van der Waals surface area (Å²) >= 11 is 0. The van der Waals surface area contributed by atoms with Gasteiger partial charge in [-0.2, -0.15) is 10.2 Å². The van der Waals surface area contributed by atoms with E-state index < -0.39 is 0 Å². The molecule has 23 heavy (non-hydrogen) atoms. The molecule has 2 heterocycles. The molecule has 0 aliphatic rings. The summed E-state index contributed by atoms with van der Waals surface area (Å²) in [4.78, 5) is 8.05. The summed E-state index contributed by atoms with van der Waals surface area (Å²) in [6.07, 6.45) is 6.66. The van der Waals surface area contributed by atoms with E-state index in [1.54, 1.807) is 30.5 Å². The van der Waals surface area contributed by atoms with Gasteiger partial charge in [0.15, 0.2) is 0 Å². The lowest BCUT2D eigenvalue weighted by Gasteiger charge is -2.09. The van der Waals surface area contributed by atoms with Crippen molar-refractivity contribution < 1.29 is 4.74 Å². The first-order valence-corrected chi connectivity index (χ1v) is 7.01. The van der Waals surface area contributed by atoms with Crippen LogP contribution in [0.2, 0.25) is 0 Å². The highest BCUT2D eigenvalue weighted by molar-refractivity contribution is 5.80. The molecular formula is C15H17N7O. The Kier molecular flexibility index (Phi) is 4.05. The molecule has 0 unspecified atom stereocenters. The lowest BCUT2D eigenvalue weighted by Crippen LogP contribution is -2.03. The Labute approximate surface area is 133 Å². The zero-order chi connectivity index (χ0) is 16.2. The van der Waals surface area contributed by atoms with Gasteiger partial charge in [0.25, 0.3) is 0 Å². The van der Waals surface area contributed by atoms with Crippen molar-refractivity contribution >= 4 is 12.2 Å². The summed E-state index contributed by atoms with van der Waals surface area (Å²) in [6, 6.07) is 5.81. The summed E-state index contributed by atoms with van der Waals surface area (Å²) in [7, 11) is 1.64. The van der Waals surface area contributed by atoms with Crippen molar-refractivity contribution in [3.63, 3.8) is 0 Å². The second kappa shape index (κ2) is 6.30. The second-order valence-electron chi connectivity index (χ2n) is 4.99. The van der Waals surface area contributed by atoms with E-state index in [0.717, 1.165) is 22.6 Å². The van der Waals surface area contributed by atoms with E-state index >= 15 is 0 Å². The lowest BCUT2D eigenvalue weighted by molar-refractivity contribution is 0.407. The van der Waals surface area contributed by atoms with Crippen molar-refractivity contribution in [1.82, 2.24) is 24.4 Å². The minimum atomic E-state index is 0.357. The SMILES string of the molecule is COc1ccc(C=Nn2cc(C)nc2N)cc1Cn1cncn1. The third-order valence-electron chi connectivity index (χ3n) is 3.27. The standard InChI is InChI=1S/C15H17N7O/c1-11-7-22(15(16)20-11)18-6-12-3-4-14(23-2)13(5-12)8-21-10-17-9-19-21/h3-7,9-10H,8H2,1-2H3,(H2,16,20). The summed E-state index contributed by atoms with van der Waals surface area (Å²) < 4.78 is 8.66. The number of anilines is 1. The molecule has 0 aliphatic heterocycles. The van der Waals surface area contributed by atoms with Crippen molar-refractivity contribution in [3.8, 4) is 5.75 Å². The Morgan fingerprint density at radius 1 is 1.39 bits per heavy atom. The number of hydrogen-bond donors (Lipinski definition) is 1.